The fraction of sp³-hybridized carbons (Fsp3) is 0.217. The van der Waals surface area contributed by atoms with E-state index in [2.05, 4.69) is 39.1 Å². The zero-order valence-corrected chi connectivity index (χ0v) is 17.1. The third-order valence-corrected chi connectivity index (χ3v) is 5.51. The number of nitrogens with zero attached hydrogens (tertiary/aromatic N) is 1. The zero-order chi connectivity index (χ0) is 20.9. The molecule has 2 heterocycles. The number of carbonyl (C=O) groups is 1. The van der Waals surface area contributed by atoms with Crippen LogP contribution in [0.4, 0.5) is 11.4 Å². The van der Waals surface area contributed by atoms with Crippen LogP contribution < -0.4 is 16.0 Å². The summed E-state index contributed by atoms with van der Waals surface area (Å²) in [5.74, 6) is -0.965. The molecule has 1 aliphatic heterocycles. The lowest BCUT2D eigenvalue weighted by molar-refractivity contribution is 0.0697. The van der Waals surface area contributed by atoms with Crippen LogP contribution in [0.3, 0.4) is 0 Å². The number of hydrogen-bond acceptors (Lipinski definition) is 5. The van der Waals surface area contributed by atoms with Crippen LogP contribution in [0, 0.1) is 0 Å². The first-order valence-electron chi connectivity index (χ1n) is 9.86. The molecule has 4 N–H and O–H groups in total. The number of carboxylic acid groups (broad SMARTS) is 1. The number of carboxylic acids is 1. The zero-order valence-electron chi connectivity index (χ0n) is 16.4. The van der Waals surface area contributed by atoms with Gasteiger partial charge in [-0.25, -0.2) is 4.79 Å². The van der Waals surface area contributed by atoms with Gasteiger partial charge in [0, 0.05) is 36.0 Å². The predicted octanol–water partition coefficient (Wildman–Crippen LogP) is 4.34. The summed E-state index contributed by atoms with van der Waals surface area (Å²) >= 11 is 5.95. The van der Waals surface area contributed by atoms with Crippen molar-refractivity contribution in [3.63, 3.8) is 0 Å². The number of aromatic carboxylic acids is 1. The fourth-order valence-electron chi connectivity index (χ4n) is 3.69. The lowest BCUT2D eigenvalue weighted by Crippen LogP contribution is -2.34. The highest BCUT2D eigenvalue weighted by Crippen LogP contribution is 2.27. The largest absolute Gasteiger partial charge is 0.478 e. The molecule has 3 aromatic rings. The van der Waals surface area contributed by atoms with Gasteiger partial charge in [0.25, 0.3) is 0 Å². The molecule has 0 spiro atoms. The van der Waals surface area contributed by atoms with Gasteiger partial charge in [0.1, 0.15) is 0 Å². The highest BCUT2D eigenvalue weighted by atomic mass is 35.5. The van der Waals surface area contributed by atoms with Crippen LogP contribution in [0.15, 0.2) is 60.9 Å². The van der Waals surface area contributed by atoms with Crippen molar-refractivity contribution in [1.82, 2.24) is 10.3 Å². The highest BCUT2D eigenvalue weighted by molar-refractivity contribution is 6.30. The van der Waals surface area contributed by atoms with Crippen molar-refractivity contribution >= 4 is 28.9 Å². The summed E-state index contributed by atoms with van der Waals surface area (Å²) in [7, 11) is 0. The van der Waals surface area contributed by atoms with Crippen LogP contribution in [-0.4, -0.2) is 29.1 Å². The second kappa shape index (κ2) is 9.15. The minimum absolute atomic E-state index is 0.0981. The van der Waals surface area contributed by atoms with Gasteiger partial charge in [-0.3, -0.25) is 4.98 Å². The molecule has 2 aromatic carbocycles. The first kappa shape index (κ1) is 20.2. The van der Waals surface area contributed by atoms with Crippen LogP contribution in [-0.2, 0) is 13.0 Å². The Balaban J connectivity index is 1.43. The number of pyridine rings is 1. The molecular weight excluding hydrogens is 400 g/mol. The van der Waals surface area contributed by atoms with E-state index in [1.165, 1.54) is 29.0 Å². The van der Waals surface area contributed by atoms with Crippen molar-refractivity contribution < 1.29 is 9.90 Å². The van der Waals surface area contributed by atoms with Crippen LogP contribution in [0.25, 0.3) is 0 Å². The molecule has 30 heavy (non-hydrogen) atoms. The first-order chi connectivity index (χ1) is 14.6. The lowest BCUT2D eigenvalue weighted by atomic mass is 9.93. The van der Waals surface area contributed by atoms with Gasteiger partial charge in [0.15, 0.2) is 0 Å². The molecule has 0 fully saturated rings. The number of fused-ring (bicyclic) bond motifs is 1. The number of halogens is 1. The van der Waals surface area contributed by atoms with Gasteiger partial charge in [-0.2, -0.15) is 0 Å². The Morgan fingerprint density at radius 3 is 2.80 bits per heavy atom. The fourth-order valence-corrected chi connectivity index (χ4v) is 3.81. The molecule has 0 saturated carbocycles. The van der Waals surface area contributed by atoms with Gasteiger partial charge in [-0.1, -0.05) is 29.8 Å². The second-order valence-electron chi connectivity index (χ2n) is 7.26. The Labute approximate surface area is 180 Å². The van der Waals surface area contributed by atoms with Gasteiger partial charge in [0.05, 0.1) is 17.4 Å². The first-order valence-corrected chi connectivity index (χ1v) is 10.2. The Morgan fingerprint density at radius 2 is 2.00 bits per heavy atom. The van der Waals surface area contributed by atoms with Gasteiger partial charge in [-0.15, -0.1) is 0 Å². The summed E-state index contributed by atoms with van der Waals surface area (Å²) < 4.78 is 0. The van der Waals surface area contributed by atoms with Crippen LogP contribution in [0.1, 0.15) is 33.1 Å². The van der Waals surface area contributed by atoms with E-state index in [0.717, 1.165) is 30.2 Å². The van der Waals surface area contributed by atoms with Crippen LogP contribution in [0.2, 0.25) is 5.02 Å². The van der Waals surface area contributed by atoms with Crippen molar-refractivity contribution in [3.05, 3.63) is 88.2 Å². The highest BCUT2D eigenvalue weighted by Gasteiger charge is 2.20. The number of hydrogen-bond donors (Lipinski definition) is 4. The van der Waals surface area contributed by atoms with Gasteiger partial charge >= 0.3 is 5.97 Å². The number of nitrogens with one attached hydrogen (secondary N) is 3. The monoisotopic (exact) mass is 422 g/mol. The normalized spacial score (nSPS) is 15.3. The Bertz CT molecular complexity index is 1040. The molecule has 1 aliphatic rings. The van der Waals surface area contributed by atoms with E-state index in [1.807, 2.05) is 24.3 Å². The van der Waals surface area contributed by atoms with E-state index in [0.29, 0.717) is 12.2 Å². The summed E-state index contributed by atoms with van der Waals surface area (Å²) in [6.07, 6.45) is 3.99. The molecular formula is C23H23ClN4O2. The van der Waals surface area contributed by atoms with Crippen molar-refractivity contribution in [1.29, 1.82) is 0 Å². The van der Waals surface area contributed by atoms with Crippen LogP contribution in [0.5, 0.6) is 0 Å². The molecule has 0 amide bonds. The summed E-state index contributed by atoms with van der Waals surface area (Å²) in [5.41, 5.74) is 5.53. The van der Waals surface area contributed by atoms with Crippen LogP contribution >= 0.6 is 11.6 Å². The van der Waals surface area contributed by atoms with E-state index in [1.54, 1.807) is 6.20 Å². The maximum absolute atomic E-state index is 11.4. The molecule has 0 bridgehead atoms. The number of anilines is 2. The molecule has 1 aromatic heterocycles. The van der Waals surface area contributed by atoms with E-state index < -0.39 is 5.97 Å². The number of aromatic nitrogens is 1. The van der Waals surface area contributed by atoms with Gasteiger partial charge < -0.3 is 21.1 Å². The standard InChI is InChI=1S/C23H23ClN4O2/c24-17-3-1-15(2-4-17)12-27-18-5-6-19-16(11-18)7-10-26-22(19)14-28-21-13-25-9-8-20(21)23(29)30/h1-6,8-9,11,13,22,26-28H,7,10,12,14H2,(H,29,30)/t22-/m1/s1. The van der Waals surface area contributed by atoms with E-state index in [4.69, 9.17) is 11.6 Å². The molecule has 1 atom stereocenters. The predicted molar refractivity (Wildman–Crippen MR) is 119 cm³/mol. The SMILES string of the molecule is O=C(O)c1ccncc1NC[C@H]1NCCc2cc(NCc3ccc(Cl)cc3)ccc21. The molecule has 0 saturated heterocycles. The molecule has 0 radical (unpaired) electrons. The van der Waals surface area contributed by atoms with E-state index in [9.17, 15) is 9.90 Å². The maximum Gasteiger partial charge on any atom is 0.337 e. The maximum atomic E-state index is 11.4. The minimum Gasteiger partial charge on any atom is -0.478 e. The Hall–Kier alpha value is -3.09. The second-order valence-corrected chi connectivity index (χ2v) is 7.69. The summed E-state index contributed by atoms with van der Waals surface area (Å²) in [5, 5.41) is 20.3. The van der Waals surface area contributed by atoms with Gasteiger partial charge in [0.2, 0.25) is 0 Å². The topological polar surface area (TPSA) is 86.3 Å². The molecule has 7 heteroatoms. The Morgan fingerprint density at radius 1 is 1.17 bits per heavy atom. The number of rotatable bonds is 7. The van der Waals surface area contributed by atoms with Crippen molar-refractivity contribution in [2.75, 3.05) is 23.7 Å². The quantitative estimate of drug-likeness (QED) is 0.453. The van der Waals surface area contributed by atoms with Crippen molar-refractivity contribution in [2.45, 2.75) is 19.0 Å². The summed E-state index contributed by atoms with van der Waals surface area (Å²) in [6, 6.07) is 15.9. The molecule has 4 rings (SSSR count). The van der Waals surface area contributed by atoms with E-state index in [-0.39, 0.29) is 11.6 Å². The Kier molecular flexibility index (Phi) is 6.16. The summed E-state index contributed by atoms with van der Waals surface area (Å²) in [6.45, 7) is 2.19. The van der Waals surface area contributed by atoms with Crippen molar-refractivity contribution in [2.24, 2.45) is 0 Å². The third-order valence-electron chi connectivity index (χ3n) is 5.26. The molecule has 0 aliphatic carbocycles. The number of benzene rings is 2. The average Bonchev–Trinajstić information content (AvgIpc) is 2.77. The van der Waals surface area contributed by atoms with Crippen molar-refractivity contribution in [3.8, 4) is 0 Å². The molecule has 0 unspecified atom stereocenters. The average molecular weight is 423 g/mol. The third kappa shape index (κ3) is 4.72. The molecule has 6 nitrogen and oxygen atoms in total. The van der Waals surface area contributed by atoms with E-state index >= 15 is 0 Å². The smallest absolute Gasteiger partial charge is 0.337 e. The molecule has 154 valence electrons. The van der Waals surface area contributed by atoms with Gasteiger partial charge in [-0.05, 0) is 60.0 Å². The minimum atomic E-state index is -0.965. The summed E-state index contributed by atoms with van der Waals surface area (Å²) in [4.78, 5) is 15.4. The lowest BCUT2D eigenvalue weighted by Gasteiger charge is -2.28.